The molecule has 2 heterocycles. The minimum absolute atomic E-state index is 0.565. The molecular formula is C13H20N2O2. The van der Waals surface area contributed by atoms with E-state index in [2.05, 4.69) is 10.3 Å². The predicted octanol–water partition coefficient (Wildman–Crippen LogP) is 1.35. The van der Waals surface area contributed by atoms with Crippen molar-refractivity contribution in [3.8, 4) is 0 Å². The van der Waals surface area contributed by atoms with Crippen molar-refractivity contribution in [2.45, 2.75) is 19.6 Å². The first-order valence-corrected chi connectivity index (χ1v) is 6.13. The van der Waals surface area contributed by atoms with Crippen LogP contribution in [0.25, 0.3) is 0 Å². The van der Waals surface area contributed by atoms with Crippen molar-refractivity contribution in [1.29, 1.82) is 0 Å². The summed E-state index contributed by atoms with van der Waals surface area (Å²) in [5.41, 5.74) is 2.05. The first-order valence-electron chi connectivity index (χ1n) is 6.13. The van der Waals surface area contributed by atoms with Crippen LogP contribution in [0.15, 0.2) is 18.2 Å². The summed E-state index contributed by atoms with van der Waals surface area (Å²) in [5, 5.41) is 3.09. The third-order valence-electron chi connectivity index (χ3n) is 2.85. The number of nitrogens with one attached hydrogen (secondary N) is 1. The lowest BCUT2D eigenvalue weighted by Gasteiger charge is -2.09. The number of rotatable bonds is 6. The van der Waals surface area contributed by atoms with Crippen molar-refractivity contribution in [3.05, 3.63) is 29.6 Å². The van der Waals surface area contributed by atoms with Crippen LogP contribution in [0.2, 0.25) is 0 Å². The summed E-state index contributed by atoms with van der Waals surface area (Å²) in [6.45, 7) is 3.88. The van der Waals surface area contributed by atoms with Gasteiger partial charge in [0.05, 0.1) is 31.2 Å². The lowest BCUT2D eigenvalue weighted by molar-refractivity contribution is 0.0772. The molecule has 2 rings (SSSR count). The number of hydrogen-bond donors (Lipinski definition) is 1. The van der Waals surface area contributed by atoms with Gasteiger partial charge in [-0.3, -0.25) is 4.98 Å². The minimum atomic E-state index is 0.565. The molecule has 17 heavy (non-hydrogen) atoms. The van der Waals surface area contributed by atoms with Gasteiger partial charge in [0.1, 0.15) is 0 Å². The molecule has 4 nitrogen and oxygen atoms in total. The molecule has 0 aromatic carbocycles. The maximum Gasteiger partial charge on any atom is 0.0888 e. The van der Waals surface area contributed by atoms with Crippen molar-refractivity contribution >= 4 is 0 Å². The van der Waals surface area contributed by atoms with Gasteiger partial charge in [-0.15, -0.1) is 0 Å². The summed E-state index contributed by atoms with van der Waals surface area (Å²) in [7, 11) is 1.92. The highest BCUT2D eigenvalue weighted by atomic mass is 16.5. The van der Waals surface area contributed by atoms with E-state index in [1.54, 1.807) is 0 Å². The lowest BCUT2D eigenvalue weighted by Crippen LogP contribution is -2.11. The summed E-state index contributed by atoms with van der Waals surface area (Å²) in [6, 6.07) is 6.05. The third-order valence-corrected chi connectivity index (χ3v) is 2.85. The van der Waals surface area contributed by atoms with Gasteiger partial charge in [-0.2, -0.15) is 0 Å². The van der Waals surface area contributed by atoms with E-state index >= 15 is 0 Å². The van der Waals surface area contributed by atoms with Crippen molar-refractivity contribution in [1.82, 2.24) is 10.3 Å². The molecule has 0 bridgehead atoms. The fourth-order valence-electron chi connectivity index (χ4n) is 1.93. The van der Waals surface area contributed by atoms with Crippen LogP contribution in [0.5, 0.6) is 0 Å². The molecule has 0 amide bonds. The topological polar surface area (TPSA) is 43.4 Å². The Bertz CT molecular complexity index is 338. The van der Waals surface area contributed by atoms with E-state index in [-0.39, 0.29) is 0 Å². The van der Waals surface area contributed by atoms with E-state index in [0.29, 0.717) is 12.5 Å². The van der Waals surface area contributed by atoms with Gasteiger partial charge in [0.2, 0.25) is 0 Å². The Morgan fingerprint density at radius 1 is 1.47 bits per heavy atom. The van der Waals surface area contributed by atoms with Gasteiger partial charge in [0, 0.05) is 19.1 Å². The Hall–Kier alpha value is -0.970. The number of aromatic nitrogens is 1. The Balaban J connectivity index is 1.75. The summed E-state index contributed by atoms with van der Waals surface area (Å²) < 4.78 is 11.0. The van der Waals surface area contributed by atoms with Crippen molar-refractivity contribution in [2.75, 3.05) is 26.9 Å². The molecule has 0 radical (unpaired) electrons. The van der Waals surface area contributed by atoms with Gasteiger partial charge >= 0.3 is 0 Å². The Morgan fingerprint density at radius 2 is 2.35 bits per heavy atom. The summed E-state index contributed by atoms with van der Waals surface area (Å²) in [4.78, 5) is 4.51. The van der Waals surface area contributed by atoms with E-state index in [1.165, 1.54) is 0 Å². The highest BCUT2D eigenvalue weighted by molar-refractivity contribution is 5.10. The molecule has 1 aromatic rings. The lowest BCUT2D eigenvalue weighted by atomic mass is 10.1. The van der Waals surface area contributed by atoms with Crippen LogP contribution >= 0.6 is 0 Å². The third kappa shape index (κ3) is 4.07. The van der Waals surface area contributed by atoms with Crippen LogP contribution in [-0.2, 0) is 22.6 Å². The molecule has 1 atom stereocenters. The molecule has 1 aliphatic rings. The van der Waals surface area contributed by atoms with E-state index < -0.39 is 0 Å². The zero-order valence-electron chi connectivity index (χ0n) is 10.3. The molecule has 1 unspecified atom stereocenters. The van der Waals surface area contributed by atoms with Gasteiger partial charge < -0.3 is 14.8 Å². The molecule has 1 saturated heterocycles. The number of ether oxygens (including phenoxy) is 2. The smallest absolute Gasteiger partial charge is 0.0888 e. The van der Waals surface area contributed by atoms with Gasteiger partial charge in [0.25, 0.3) is 0 Å². The Kier molecular flexibility index (Phi) is 4.91. The normalized spacial score (nSPS) is 19.7. The highest BCUT2D eigenvalue weighted by Gasteiger charge is 2.15. The second-order valence-corrected chi connectivity index (χ2v) is 4.40. The molecule has 1 N–H and O–H groups in total. The first kappa shape index (κ1) is 12.5. The van der Waals surface area contributed by atoms with Crippen LogP contribution in [0, 0.1) is 5.92 Å². The standard InChI is InChI=1S/C13H20N2O2/c1-14-7-12-3-2-4-13(15-12)10-17-9-11-5-6-16-8-11/h2-4,11,14H,5-10H2,1H3. The SMILES string of the molecule is CNCc1cccc(COCC2CCOC2)n1. The second-order valence-electron chi connectivity index (χ2n) is 4.40. The zero-order chi connectivity index (χ0) is 11.9. The van der Waals surface area contributed by atoms with E-state index in [0.717, 1.165) is 44.2 Å². The molecule has 94 valence electrons. The molecule has 0 spiro atoms. The monoisotopic (exact) mass is 236 g/mol. The Labute approximate surface area is 102 Å². The fraction of sp³-hybridized carbons (Fsp3) is 0.615. The number of nitrogens with zero attached hydrogens (tertiary/aromatic N) is 1. The minimum Gasteiger partial charge on any atom is -0.381 e. The number of pyridine rings is 1. The van der Waals surface area contributed by atoms with Crippen molar-refractivity contribution in [2.24, 2.45) is 5.92 Å². The Morgan fingerprint density at radius 3 is 3.12 bits per heavy atom. The fourth-order valence-corrected chi connectivity index (χ4v) is 1.93. The molecule has 4 heteroatoms. The maximum atomic E-state index is 5.67. The molecular weight excluding hydrogens is 216 g/mol. The van der Waals surface area contributed by atoms with Gasteiger partial charge in [-0.1, -0.05) is 6.07 Å². The van der Waals surface area contributed by atoms with Gasteiger partial charge in [-0.05, 0) is 25.6 Å². The van der Waals surface area contributed by atoms with Crippen LogP contribution in [0.4, 0.5) is 0 Å². The quantitative estimate of drug-likeness (QED) is 0.810. The van der Waals surface area contributed by atoms with E-state index in [1.807, 2.05) is 25.2 Å². The molecule has 1 fully saturated rings. The molecule has 1 aliphatic heterocycles. The summed E-state index contributed by atoms with van der Waals surface area (Å²) in [5.74, 6) is 0.565. The van der Waals surface area contributed by atoms with E-state index in [9.17, 15) is 0 Å². The van der Waals surface area contributed by atoms with E-state index in [4.69, 9.17) is 9.47 Å². The van der Waals surface area contributed by atoms with Crippen molar-refractivity contribution < 1.29 is 9.47 Å². The largest absolute Gasteiger partial charge is 0.381 e. The maximum absolute atomic E-state index is 5.67. The average molecular weight is 236 g/mol. The first-order chi connectivity index (χ1) is 8.38. The molecule has 1 aromatic heterocycles. The molecule has 0 aliphatic carbocycles. The van der Waals surface area contributed by atoms with Crippen LogP contribution in [0.1, 0.15) is 17.8 Å². The highest BCUT2D eigenvalue weighted by Crippen LogP contribution is 2.13. The average Bonchev–Trinajstić information content (AvgIpc) is 2.83. The second kappa shape index (κ2) is 6.69. The van der Waals surface area contributed by atoms with Gasteiger partial charge in [-0.25, -0.2) is 0 Å². The zero-order valence-corrected chi connectivity index (χ0v) is 10.3. The summed E-state index contributed by atoms with van der Waals surface area (Å²) in [6.07, 6.45) is 1.12. The number of hydrogen-bond acceptors (Lipinski definition) is 4. The van der Waals surface area contributed by atoms with Crippen LogP contribution < -0.4 is 5.32 Å². The van der Waals surface area contributed by atoms with Gasteiger partial charge in [0.15, 0.2) is 0 Å². The predicted molar refractivity (Wildman–Crippen MR) is 65.6 cm³/mol. The van der Waals surface area contributed by atoms with Crippen LogP contribution in [-0.4, -0.2) is 31.9 Å². The van der Waals surface area contributed by atoms with Crippen LogP contribution in [0.3, 0.4) is 0 Å². The summed E-state index contributed by atoms with van der Waals surface area (Å²) >= 11 is 0. The molecule has 0 saturated carbocycles. The van der Waals surface area contributed by atoms with Crippen molar-refractivity contribution in [3.63, 3.8) is 0 Å².